The molecule has 0 radical (unpaired) electrons. The van der Waals surface area contributed by atoms with Gasteiger partial charge in [0.1, 0.15) is 0 Å². The number of benzene rings is 1. The van der Waals surface area contributed by atoms with Gasteiger partial charge in [0.15, 0.2) is 0 Å². The predicted octanol–water partition coefficient (Wildman–Crippen LogP) is 3.26. The topological polar surface area (TPSA) is 49.9 Å². The highest BCUT2D eigenvalue weighted by atomic mass is 35.5. The van der Waals surface area contributed by atoms with E-state index < -0.39 is 10.0 Å². The molecule has 0 atom stereocenters. The van der Waals surface area contributed by atoms with Crippen LogP contribution in [0.25, 0.3) is 0 Å². The minimum atomic E-state index is -3.32. The summed E-state index contributed by atoms with van der Waals surface area (Å²) in [6.45, 7) is 5.98. The van der Waals surface area contributed by atoms with Gasteiger partial charge in [-0.2, -0.15) is 0 Å². The van der Waals surface area contributed by atoms with Crippen molar-refractivity contribution in [2.24, 2.45) is 5.92 Å². The quantitative estimate of drug-likeness (QED) is 0.708. The van der Waals surface area contributed by atoms with Crippen LogP contribution in [0, 0.1) is 5.92 Å². The Morgan fingerprint density at radius 1 is 1.04 bits per heavy atom. The van der Waals surface area contributed by atoms with Crippen LogP contribution >= 0.6 is 23.2 Å². The summed E-state index contributed by atoms with van der Waals surface area (Å²) in [7, 11) is -3.32. The number of piperidine rings is 1. The van der Waals surface area contributed by atoms with Gasteiger partial charge in [0.05, 0.1) is 29.0 Å². The number of sulfonamides is 1. The minimum absolute atomic E-state index is 0.0255. The molecule has 0 spiro atoms. The lowest BCUT2D eigenvalue weighted by atomic mass is 9.94. The smallest absolute Gasteiger partial charge is 0.218 e. The fourth-order valence-electron chi connectivity index (χ4n) is 3.60. The first-order valence-corrected chi connectivity index (χ1v) is 11.5. The van der Waals surface area contributed by atoms with Gasteiger partial charge in [-0.25, -0.2) is 12.7 Å². The fraction of sp³-hybridized carbons (Fsp3) is 0.667. The Morgan fingerprint density at radius 2 is 1.73 bits per heavy atom. The number of halogens is 2. The first kappa shape index (κ1) is 20.4. The van der Waals surface area contributed by atoms with Crippen molar-refractivity contribution in [2.75, 3.05) is 45.9 Å². The van der Waals surface area contributed by atoms with Gasteiger partial charge in [0.25, 0.3) is 0 Å². The average Bonchev–Trinajstić information content (AvgIpc) is 2.64. The molecular weight excluding hydrogens is 395 g/mol. The molecule has 2 aliphatic rings. The number of nitrogens with zero attached hydrogens (tertiary/aromatic N) is 2. The second kappa shape index (κ2) is 9.22. The van der Waals surface area contributed by atoms with E-state index in [1.807, 2.05) is 0 Å². The molecule has 2 fully saturated rings. The molecule has 2 heterocycles. The summed E-state index contributed by atoms with van der Waals surface area (Å²) in [4.78, 5) is 2.44. The van der Waals surface area contributed by atoms with Gasteiger partial charge in [0.2, 0.25) is 10.0 Å². The zero-order valence-corrected chi connectivity index (χ0v) is 17.2. The molecule has 1 aromatic carbocycles. The molecule has 0 aliphatic carbocycles. The van der Waals surface area contributed by atoms with E-state index in [1.54, 1.807) is 22.5 Å². The van der Waals surface area contributed by atoms with Crippen molar-refractivity contribution in [1.29, 1.82) is 0 Å². The van der Waals surface area contributed by atoms with Crippen LogP contribution in [0.1, 0.15) is 24.8 Å². The molecule has 2 saturated heterocycles. The van der Waals surface area contributed by atoms with Crippen molar-refractivity contribution < 1.29 is 13.2 Å². The van der Waals surface area contributed by atoms with Gasteiger partial charge >= 0.3 is 0 Å². The van der Waals surface area contributed by atoms with Crippen molar-refractivity contribution in [3.8, 4) is 0 Å². The van der Waals surface area contributed by atoms with E-state index in [1.165, 1.54) is 0 Å². The lowest BCUT2D eigenvalue weighted by molar-refractivity contribution is 0.0343. The van der Waals surface area contributed by atoms with Crippen LogP contribution in [0.15, 0.2) is 18.2 Å². The molecule has 2 aliphatic heterocycles. The van der Waals surface area contributed by atoms with Gasteiger partial charge in [-0.15, -0.1) is 0 Å². The lowest BCUT2D eigenvalue weighted by Crippen LogP contribution is -2.41. The Kier molecular flexibility index (Phi) is 7.22. The van der Waals surface area contributed by atoms with Crippen molar-refractivity contribution in [2.45, 2.75) is 25.0 Å². The highest BCUT2D eigenvalue weighted by Crippen LogP contribution is 2.27. The van der Waals surface area contributed by atoms with Crippen LogP contribution in [0.3, 0.4) is 0 Å². The standard InChI is InChI=1S/C18H26Cl2N2O3S/c19-17-2-1-16(13-18(17)20)14-26(23,24)22-7-4-15(5-8-22)3-6-21-9-11-25-12-10-21/h1-2,13,15H,3-12,14H2. The minimum Gasteiger partial charge on any atom is -0.379 e. The van der Waals surface area contributed by atoms with Crippen LogP contribution in [0.4, 0.5) is 0 Å². The SMILES string of the molecule is O=S(=O)(Cc1ccc(Cl)c(Cl)c1)N1CCC(CCN2CCOCC2)CC1. The van der Waals surface area contributed by atoms with Gasteiger partial charge in [0, 0.05) is 26.2 Å². The van der Waals surface area contributed by atoms with Gasteiger partial charge < -0.3 is 4.74 Å². The van der Waals surface area contributed by atoms with Crippen molar-refractivity contribution in [1.82, 2.24) is 9.21 Å². The maximum Gasteiger partial charge on any atom is 0.218 e. The Hall–Kier alpha value is -0.370. The number of ether oxygens (including phenoxy) is 1. The second-order valence-corrected chi connectivity index (χ2v) is 9.87. The van der Waals surface area contributed by atoms with Crippen LogP contribution < -0.4 is 0 Å². The Balaban J connectivity index is 1.47. The van der Waals surface area contributed by atoms with E-state index in [0.29, 0.717) is 34.6 Å². The lowest BCUT2D eigenvalue weighted by Gasteiger charge is -2.33. The van der Waals surface area contributed by atoms with Crippen molar-refractivity contribution in [3.63, 3.8) is 0 Å². The Bertz CT molecular complexity index is 700. The van der Waals surface area contributed by atoms with Gasteiger partial charge in [-0.1, -0.05) is 29.3 Å². The molecular formula is C18H26Cl2N2O3S. The molecule has 0 amide bonds. The number of hydrogen-bond acceptors (Lipinski definition) is 4. The molecule has 8 heteroatoms. The van der Waals surface area contributed by atoms with Gasteiger partial charge in [-0.05, 0) is 49.4 Å². The molecule has 0 unspecified atom stereocenters. The third-order valence-electron chi connectivity index (χ3n) is 5.26. The van der Waals surface area contributed by atoms with Crippen LogP contribution in [-0.2, 0) is 20.5 Å². The Morgan fingerprint density at radius 3 is 2.38 bits per heavy atom. The summed E-state index contributed by atoms with van der Waals surface area (Å²) in [5.74, 6) is 0.580. The largest absolute Gasteiger partial charge is 0.379 e. The first-order valence-electron chi connectivity index (χ1n) is 9.16. The molecule has 146 valence electrons. The number of rotatable bonds is 6. The van der Waals surface area contributed by atoms with E-state index in [0.717, 1.165) is 52.1 Å². The molecule has 0 saturated carbocycles. The van der Waals surface area contributed by atoms with E-state index in [9.17, 15) is 8.42 Å². The maximum atomic E-state index is 12.7. The molecule has 3 rings (SSSR count). The summed E-state index contributed by atoms with van der Waals surface area (Å²) in [5.41, 5.74) is 0.675. The molecule has 0 N–H and O–H groups in total. The van der Waals surface area contributed by atoms with Crippen LogP contribution in [0.2, 0.25) is 10.0 Å². The molecule has 26 heavy (non-hydrogen) atoms. The maximum absolute atomic E-state index is 12.7. The van der Waals surface area contributed by atoms with E-state index in [4.69, 9.17) is 27.9 Å². The molecule has 5 nitrogen and oxygen atoms in total. The zero-order chi connectivity index (χ0) is 18.6. The third kappa shape index (κ3) is 5.57. The van der Waals surface area contributed by atoms with Crippen LogP contribution in [0.5, 0.6) is 0 Å². The highest BCUT2D eigenvalue weighted by molar-refractivity contribution is 7.88. The molecule has 0 bridgehead atoms. The van der Waals surface area contributed by atoms with E-state index in [2.05, 4.69) is 4.90 Å². The fourth-order valence-corrected chi connectivity index (χ4v) is 5.47. The summed E-state index contributed by atoms with van der Waals surface area (Å²) < 4.78 is 32.4. The summed E-state index contributed by atoms with van der Waals surface area (Å²) in [6.07, 6.45) is 3.01. The summed E-state index contributed by atoms with van der Waals surface area (Å²) >= 11 is 11.9. The third-order valence-corrected chi connectivity index (χ3v) is 7.85. The normalized spacial score (nSPS) is 21.2. The molecule has 0 aromatic heterocycles. The Labute approximate surface area is 166 Å². The van der Waals surface area contributed by atoms with E-state index >= 15 is 0 Å². The zero-order valence-electron chi connectivity index (χ0n) is 14.9. The van der Waals surface area contributed by atoms with Crippen molar-refractivity contribution >= 4 is 33.2 Å². The number of hydrogen-bond donors (Lipinski definition) is 0. The van der Waals surface area contributed by atoms with Gasteiger partial charge in [-0.3, -0.25) is 4.90 Å². The average molecular weight is 421 g/mol. The highest BCUT2D eigenvalue weighted by Gasteiger charge is 2.28. The van der Waals surface area contributed by atoms with Crippen LogP contribution in [-0.4, -0.2) is 63.6 Å². The van der Waals surface area contributed by atoms with Crippen molar-refractivity contribution in [3.05, 3.63) is 33.8 Å². The molecule has 1 aromatic rings. The van der Waals surface area contributed by atoms with E-state index in [-0.39, 0.29) is 5.75 Å². The number of morpholine rings is 1. The first-order chi connectivity index (χ1) is 12.4. The predicted molar refractivity (Wildman–Crippen MR) is 105 cm³/mol. The second-order valence-electron chi connectivity index (χ2n) is 7.09. The summed E-state index contributed by atoms with van der Waals surface area (Å²) in [6, 6.07) is 5.00. The monoisotopic (exact) mass is 420 g/mol. The summed E-state index contributed by atoms with van der Waals surface area (Å²) in [5, 5.41) is 0.829.